The van der Waals surface area contributed by atoms with Gasteiger partial charge >= 0.3 is 0 Å². The Bertz CT molecular complexity index is 454. The fourth-order valence-electron chi connectivity index (χ4n) is 2.04. The Morgan fingerprint density at radius 3 is 3.00 bits per heavy atom. The molecule has 0 bridgehead atoms. The van der Waals surface area contributed by atoms with Crippen molar-refractivity contribution in [2.75, 3.05) is 19.7 Å². The average molecular weight is 262 g/mol. The molecule has 0 spiro atoms. The summed E-state index contributed by atoms with van der Waals surface area (Å²) in [5.74, 6) is 0.324. The van der Waals surface area contributed by atoms with Gasteiger partial charge in [-0.25, -0.2) is 4.98 Å². The number of carbonyl (C=O) groups is 1. The highest BCUT2D eigenvalue weighted by Gasteiger charge is 2.25. The van der Waals surface area contributed by atoms with Gasteiger partial charge in [0.15, 0.2) is 11.4 Å². The molecular weight excluding hydrogens is 244 g/mol. The zero-order chi connectivity index (χ0) is 13.7. The number of aliphatic hydroxyl groups is 1. The molecule has 5 heteroatoms. The van der Waals surface area contributed by atoms with Crippen LogP contribution in [0.2, 0.25) is 0 Å². The van der Waals surface area contributed by atoms with Crippen molar-refractivity contribution >= 4 is 5.91 Å². The molecule has 0 aliphatic carbocycles. The van der Waals surface area contributed by atoms with Gasteiger partial charge in [0.25, 0.3) is 5.91 Å². The number of nitrogens with zero attached hydrogens (tertiary/aromatic N) is 2. The van der Waals surface area contributed by atoms with Crippen LogP contribution in [-0.4, -0.2) is 46.7 Å². The lowest BCUT2D eigenvalue weighted by Crippen LogP contribution is -2.40. The first-order chi connectivity index (χ1) is 9.22. The van der Waals surface area contributed by atoms with E-state index in [4.69, 9.17) is 4.74 Å². The van der Waals surface area contributed by atoms with Crippen LogP contribution in [0, 0.1) is 0 Å². The van der Waals surface area contributed by atoms with Gasteiger partial charge in [0, 0.05) is 19.3 Å². The van der Waals surface area contributed by atoms with Crippen LogP contribution in [0.15, 0.2) is 31.0 Å². The molecule has 1 aliphatic rings. The molecule has 1 aromatic rings. The topological polar surface area (TPSA) is 62.7 Å². The molecule has 0 unspecified atom stereocenters. The number of likely N-dealkylation sites (tertiary alicyclic amines) is 1. The van der Waals surface area contributed by atoms with Gasteiger partial charge < -0.3 is 14.7 Å². The summed E-state index contributed by atoms with van der Waals surface area (Å²) in [6.07, 6.45) is 4.12. The lowest BCUT2D eigenvalue weighted by molar-refractivity contribution is 0.0538. The lowest BCUT2D eigenvalue weighted by atomic mass is 10.1. The van der Waals surface area contributed by atoms with Crippen LogP contribution in [0.1, 0.15) is 23.3 Å². The molecule has 1 saturated heterocycles. The highest BCUT2D eigenvalue weighted by molar-refractivity contribution is 5.95. The maximum Gasteiger partial charge on any atom is 0.276 e. The van der Waals surface area contributed by atoms with Gasteiger partial charge in [-0.15, -0.1) is 0 Å². The number of aromatic nitrogens is 1. The molecule has 1 aromatic heterocycles. The van der Waals surface area contributed by atoms with Crippen molar-refractivity contribution in [3.8, 4) is 5.75 Å². The average Bonchev–Trinajstić information content (AvgIpc) is 2.45. The van der Waals surface area contributed by atoms with Gasteiger partial charge in [-0.05, 0) is 25.0 Å². The Morgan fingerprint density at radius 1 is 1.58 bits per heavy atom. The zero-order valence-electron chi connectivity index (χ0n) is 10.8. The molecule has 0 radical (unpaired) electrons. The molecule has 102 valence electrons. The van der Waals surface area contributed by atoms with Crippen molar-refractivity contribution in [1.29, 1.82) is 0 Å². The lowest BCUT2D eigenvalue weighted by Gasteiger charge is -2.29. The van der Waals surface area contributed by atoms with Crippen molar-refractivity contribution < 1.29 is 14.6 Å². The van der Waals surface area contributed by atoms with Crippen LogP contribution in [0.3, 0.4) is 0 Å². The van der Waals surface area contributed by atoms with Gasteiger partial charge in [0.05, 0.1) is 6.10 Å². The van der Waals surface area contributed by atoms with Crippen LogP contribution in [-0.2, 0) is 0 Å². The predicted octanol–water partition coefficient (Wildman–Crippen LogP) is 1.24. The molecule has 1 amide bonds. The Morgan fingerprint density at radius 2 is 2.32 bits per heavy atom. The third kappa shape index (κ3) is 3.32. The van der Waals surface area contributed by atoms with E-state index in [1.165, 1.54) is 0 Å². The Hall–Kier alpha value is -1.88. The minimum Gasteiger partial charge on any atom is -0.487 e. The van der Waals surface area contributed by atoms with E-state index in [1.807, 2.05) is 0 Å². The standard InChI is InChI=1S/C14H18N2O3/c1-2-10-19-12-4-3-7-15-13(12)14(18)16-8-5-11(17)6-9-16/h2-4,7,11,17H,1,5-6,8-10H2. The van der Waals surface area contributed by atoms with Crippen molar-refractivity contribution in [2.45, 2.75) is 18.9 Å². The summed E-state index contributed by atoms with van der Waals surface area (Å²) in [6, 6.07) is 3.46. The molecular formula is C14H18N2O3. The van der Waals surface area contributed by atoms with Crippen LogP contribution < -0.4 is 4.74 Å². The van der Waals surface area contributed by atoms with Crippen LogP contribution in [0.5, 0.6) is 5.75 Å². The SMILES string of the molecule is C=CCOc1cccnc1C(=O)N1CCC(O)CC1. The first kappa shape index (κ1) is 13.5. The molecule has 5 nitrogen and oxygen atoms in total. The maximum atomic E-state index is 12.4. The number of pyridine rings is 1. The van der Waals surface area contributed by atoms with Crippen molar-refractivity contribution in [3.63, 3.8) is 0 Å². The monoisotopic (exact) mass is 262 g/mol. The van der Waals surface area contributed by atoms with E-state index in [2.05, 4.69) is 11.6 Å². The summed E-state index contributed by atoms with van der Waals surface area (Å²) in [5.41, 5.74) is 0.320. The summed E-state index contributed by atoms with van der Waals surface area (Å²) in [7, 11) is 0. The second-order valence-electron chi connectivity index (χ2n) is 4.47. The van der Waals surface area contributed by atoms with Gasteiger partial charge in [0.2, 0.25) is 0 Å². The first-order valence-corrected chi connectivity index (χ1v) is 6.38. The van der Waals surface area contributed by atoms with E-state index in [0.29, 0.717) is 44.0 Å². The van der Waals surface area contributed by atoms with E-state index >= 15 is 0 Å². The maximum absolute atomic E-state index is 12.4. The largest absolute Gasteiger partial charge is 0.487 e. The molecule has 19 heavy (non-hydrogen) atoms. The summed E-state index contributed by atoms with van der Waals surface area (Å²) in [4.78, 5) is 18.2. The second-order valence-corrected chi connectivity index (χ2v) is 4.47. The quantitative estimate of drug-likeness (QED) is 0.829. The number of aliphatic hydroxyl groups excluding tert-OH is 1. The molecule has 1 fully saturated rings. The predicted molar refractivity (Wildman–Crippen MR) is 71.1 cm³/mol. The van der Waals surface area contributed by atoms with E-state index < -0.39 is 0 Å². The summed E-state index contributed by atoms with van der Waals surface area (Å²) in [6.45, 7) is 5.02. The second kappa shape index (κ2) is 6.33. The van der Waals surface area contributed by atoms with Gasteiger partial charge in [0.1, 0.15) is 6.61 Å². The molecule has 0 saturated carbocycles. The summed E-state index contributed by atoms with van der Waals surface area (Å²) < 4.78 is 5.44. The highest BCUT2D eigenvalue weighted by atomic mass is 16.5. The molecule has 0 atom stereocenters. The summed E-state index contributed by atoms with van der Waals surface area (Å²) in [5, 5.41) is 9.46. The van der Waals surface area contributed by atoms with Crippen molar-refractivity contribution in [2.24, 2.45) is 0 Å². The normalized spacial score (nSPS) is 16.2. The third-order valence-electron chi connectivity index (χ3n) is 3.08. The highest BCUT2D eigenvalue weighted by Crippen LogP contribution is 2.20. The van der Waals surface area contributed by atoms with Crippen molar-refractivity contribution in [1.82, 2.24) is 9.88 Å². The smallest absolute Gasteiger partial charge is 0.276 e. The Labute approximate surface area is 112 Å². The molecule has 2 rings (SSSR count). The van der Waals surface area contributed by atoms with Gasteiger partial charge in [-0.2, -0.15) is 0 Å². The summed E-state index contributed by atoms with van der Waals surface area (Å²) >= 11 is 0. The number of hydrogen-bond acceptors (Lipinski definition) is 4. The molecule has 1 aliphatic heterocycles. The Balaban J connectivity index is 2.11. The van der Waals surface area contributed by atoms with Crippen LogP contribution >= 0.6 is 0 Å². The van der Waals surface area contributed by atoms with Gasteiger partial charge in [-0.1, -0.05) is 12.7 Å². The molecule has 1 N–H and O–H groups in total. The van der Waals surface area contributed by atoms with E-state index in [9.17, 15) is 9.90 Å². The number of rotatable bonds is 4. The minimum atomic E-state index is -0.302. The van der Waals surface area contributed by atoms with Gasteiger partial charge in [-0.3, -0.25) is 4.79 Å². The fraction of sp³-hybridized carbons (Fsp3) is 0.429. The van der Waals surface area contributed by atoms with E-state index in [1.54, 1.807) is 29.3 Å². The number of amides is 1. The number of hydrogen-bond donors (Lipinski definition) is 1. The number of piperidine rings is 1. The van der Waals surface area contributed by atoms with Crippen LogP contribution in [0.4, 0.5) is 0 Å². The molecule has 2 heterocycles. The fourth-order valence-corrected chi connectivity index (χ4v) is 2.04. The van der Waals surface area contributed by atoms with Crippen LogP contribution in [0.25, 0.3) is 0 Å². The third-order valence-corrected chi connectivity index (χ3v) is 3.08. The Kier molecular flexibility index (Phi) is 4.52. The first-order valence-electron chi connectivity index (χ1n) is 6.38. The van der Waals surface area contributed by atoms with Crippen molar-refractivity contribution in [3.05, 3.63) is 36.7 Å². The number of ether oxygens (including phenoxy) is 1. The van der Waals surface area contributed by atoms with E-state index in [-0.39, 0.29) is 12.0 Å². The zero-order valence-corrected chi connectivity index (χ0v) is 10.8. The molecule has 0 aromatic carbocycles. The minimum absolute atomic E-state index is 0.147. The van der Waals surface area contributed by atoms with E-state index in [0.717, 1.165) is 0 Å². The number of carbonyl (C=O) groups excluding carboxylic acids is 1.